The van der Waals surface area contributed by atoms with E-state index in [2.05, 4.69) is 4.99 Å². The van der Waals surface area contributed by atoms with E-state index < -0.39 is 29.3 Å². The first-order valence-electron chi connectivity index (χ1n) is 11.0. The number of alkyl halides is 6. The fourth-order valence-electron chi connectivity index (χ4n) is 3.67. The highest BCUT2D eigenvalue weighted by atomic mass is 19.4. The molecule has 1 heterocycles. The van der Waals surface area contributed by atoms with Gasteiger partial charge in [-0.05, 0) is 62.2 Å². The van der Waals surface area contributed by atoms with E-state index in [1.54, 1.807) is 25.4 Å². The zero-order valence-corrected chi connectivity index (χ0v) is 19.1. The highest BCUT2D eigenvalue weighted by Crippen LogP contribution is 2.46. The van der Waals surface area contributed by atoms with Gasteiger partial charge in [-0.25, -0.2) is 0 Å². The Hall–Kier alpha value is -2.85. The van der Waals surface area contributed by atoms with Crippen molar-refractivity contribution in [3.8, 4) is 11.5 Å². The van der Waals surface area contributed by atoms with E-state index in [-0.39, 0.29) is 36.2 Å². The summed E-state index contributed by atoms with van der Waals surface area (Å²) in [7, 11) is 0. The molecule has 35 heavy (non-hydrogen) atoms. The number of halogens is 6. The lowest BCUT2D eigenvalue weighted by Crippen LogP contribution is -2.31. The average molecular weight is 501 g/mol. The minimum absolute atomic E-state index is 0.0328. The molecule has 2 unspecified atom stereocenters. The SMILES string of the molecule is C/C=N\C=C/CCC1(c2ccc(Oc3ccc(C(F)(F)F)cc3)cc2C(F)(F)F)OCC(CC)O1. The van der Waals surface area contributed by atoms with Crippen LogP contribution in [0.3, 0.4) is 0 Å². The number of nitrogens with zero attached hydrogens (tertiary/aromatic N) is 1. The van der Waals surface area contributed by atoms with Crippen LogP contribution < -0.4 is 4.74 Å². The predicted molar refractivity (Wildman–Crippen MR) is 118 cm³/mol. The van der Waals surface area contributed by atoms with Crippen LogP contribution in [0.4, 0.5) is 26.3 Å². The van der Waals surface area contributed by atoms with Gasteiger partial charge in [0.15, 0.2) is 5.79 Å². The number of hydrogen-bond donors (Lipinski definition) is 0. The van der Waals surface area contributed by atoms with Gasteiger partial charge in [-0.3, -0.25) is 4.99 Å². The topological polar surface area (TPSA) is 40.0 Å². The maximum atomic E-state index is 14.1. The standard InChI is InChI=1S/C25H25F6NO3/c1-3-18-16-33-23(35-18,13-5-6-14-32-4-2)21-12-11-20(15-22(21)25(29,30)31)34-19-9-7-17(8-10-19)24(26,27)28/h4,6-12,14-15,18H,3,5,13,16H2,1-2H3/b14-6-,32-4-. The molecule has 4 nitrogen and oxygen atoms in total. The van der Waals surface area contributed by atoms with Gasteiger partial charge in [-0.1, -0.05) is 13.0 Å². The highest BCUT2D eigenvalue weighted by molar-refractivity contribution is 5.54. The zero-order valence-electron chi connectivity index (χ0n) is 19.1. The lowest BCUT2D eigenvalue weighted by Gasteiger charge is -2.31. The van der Waals surface area contributed by atoms with E-state index in [1.807, 2.05) is 6.92 Å². The molecule has 1 aliphatic heterocycles. The Bertz CT molecular complexity index is 1050. The zero-order chi connectivity index (χ0) is 25.7. The molecular formula is C25H25F6NO3. The molecule has 0 spiro atoms. The van der Waals surface area contributed by atoms with Crippen LogP contribution in [0.1, 0.15) is 49.8 Å². The van der Waals surface area contributed by atoms with Crippen LogP contribution in [-0.2, 0) is 27.6 Å². The van der Waals surface area contributed by atoms with Gasteiger partial charge in [0.05, 0.1) is 23.8 Å². The van der Waals surface area contributed by atoms with Crippen molar-refractivity contribution >= 4 is 6.21 Å². The number of aliphatic imine (C=N–C) groups is 1. The smallest absolute Gasteiger partial charge is 0.417 e. The first-order valence-corrected chi connectivity index (χ1v) is 11.0. The van der Waals surface area contributed by atoms with Gasteiger partial charge in [0, 0.05) is 24.4 Å². The van der Waals surface area contributed by atoms with Gasteiger partial charge in [0.2, 0.25) is 0 Å². The van der Waals surface area contributed by atoms with Crippen molar-refractivity contribution in [3.05, 3.63) is 71.4 Å². The van der Waals surface area contributed by atoms with E-state index >= 15 is 0 Å². The summed E-state index contributed by atoms with van der Waals surface area (Å²) in [4.78, 5) is 3.94. The van der Waals surface area contributed by atoms with E-state index in [4.69, 9.17) is 14.2 Å². The van der Waals surface area contributed by atoms with Gasteiger partial charge < -0.3 is 14.2 Å². The summed E-state index contributed by atoms with van der Waals surface area (Å²) in [5, 5.41) is 0. The minimum Gasteiger partial charge on any atom is -0.457 e. The van der Waals surface area contributed by atoms with Crippen molar-refractivity contribution in [2.45, 2.75) is 57.4 Å². The molecule has 0 saturated carbocycles. The number of ether oxygens (including phenoxy) is 3. The van der Waals surface area contributed by atoms with Crippen molar-refractivity contribution in [1.82, 2.24) is 0 Å². The molecular weight excluding hydrogens is 476 g/mol. The van der Waals surface area contributed by atoms with E-state index in [1.165, 1.54) is 12.1 Å². The van der Waals surface area contributed by atoms with E-state index in [9.17, 15) is 26.3 Å². The molecule has 1 aliphatic rings. The van der Waals surface area contributed by atoms with Crippen molar-refractivity contribution in [2.75, 3.05) is 6.61 Å². The maximum absolute atomic E-state index is 14.1. The van der Waals surface area contributed by atoms with Crippen LogP contribution in [0.2, 0.25) is 0 Å². The number of benzene rings is 2. The molecule has 2 aromatic rings. The van der Waals surface area contributed by atoms with Crippen molar-refractivity contribution in [1.29, 1.82) is 0 Å². The Labute approximate surface area is 199 Å². The van der Waals surface area contributed by atoms with Gasteiger partial charge in [-0.15, -0.1) is 0 Å². The summed E-state index contributed by atoms with van der Waals surface area (Å²) in [6.45, 7) is 3.74. The maximum Gasteiger partial charge on any atom is 0.417 e. The van der Waals surface area contributed by atoms with E-state index in [0.29, 0.717) is 12.8 Å². The van der Waals surface area contributed by atoms with Crippen LogP contribution in [0.5, 0.6) is 11.5 Å². The molecule has 2 atom stereocenters. The van der Waals surface area contributed by atoms with Gasteiger partial charge in [0.25, 0.3) is 0 Å². The lowest BCUT2D eigenvalue weighted by atomic mass is 9.94. The second-order valence-electron chi connectivity index (χ2n) is 7.87. The Balaban J connectivity index is 1.94. The molecule has 0 aliphatic carbocycles. The summed E-state index contributed by atoms with van der Waals surface area (Å²) in [5.41, 5.74) is -2.08. The highest BCUT2D eigenvalue weighted by Gasteiger charge is 2.47. The summed E-state index contributed by atoms with van der Waals surface area (Å²) < 4.78 is 97.9. The fourth-order valence-corrected chi connectivity index (χ4v) is 3.67. The van der Waals surface area contributed by atoms with Crippen LogP contribution in [-0.4, -0.2) is 18.9 Å². The summed E-state index contributed by atoms with van der Waals surface area (Å²) in [6, 6.07) is 7.03. The Morgan fingerprint density at radius 3 is 2.29 bits per heavy atom. The van der Waals surface area contributed by atoms with Crippen LogP contribution in [0.25, 0.3) is 0 Å². The normalized spacial score (nSPS) is 21.3. The van der Waals surface area contributed by atoms with E-state index in [0.717, 1.165) is 30.3 Å². The molecule has 0 aromatic heterocycles. The molecule has 0 N–H and O–H groups in total. The molecule has 0 radical (unpaired) electrons. The van der Waals surface area contributed by atoms with Crippen molar-refractivity contribution < 1.29 is 40.6 Å². The second kappa shape index (κ2) is 10.8. The first kappa shape index (κ1) is 26.7. The van der Waals surface area contributed by atoms with Crippen LogP contribution in [0, 0.1) is 0 Å². The van der Waals surface area contributed by atoms with Gasteiger partial charge in [-0.2, -0.15) is 26.3 Å². The van der Waals surface area contributed by atoms with Crippen molar-refractivity contribution in [3.63, 3.8) is 0 Å². The predicted octanol–water partition coefficient (Wildman–Crippen LogP) is 7.88. The number of hydrogen-bond acceptors (Lipinski definition) is 4. The quantitative estimate of drug-likeness (QED) is 0.273. The summed E-state index contributed by atoms with van der Waals surface area (Å²) in [5.74, 6) is -1.83. The summed E-state index contributed by atoms with van der Waals surface area (Å²) >= 11 is 0. The van der Waals surface area contributed by atoms with Crippen molar-refractivity contribution in [2.24, 2.45) is 4.99 Å². The lowest BCUT2D eigenvalue weighted by molar-refractivity contribution is -0.190. The molecule has 10 heteroatoms. The number of rotatable bonds is 8. The molecule has 2 aromatic carbocycles. The number of allylic oxidation sites excluding steroid dienone is 1. The minimum atomic E-state index is -4.76. The molecule has 3 rings (SSSR count). The third-order valence-electron chi connectivity index (χ3n) is 5.42. The average Bonchev–Trinajstić information content (AvgIpc) is 3.23. The van der Waals surface area contributed by atoms with Crippen LogP contribution >= 0.6 is 0 Å². The monoisotopic (exact) mass is 501 g/mol. The first-order chi connectivity index (χ1) is 16.5. The largest absolute Gasteiger partial charge is 0.457 e. The second-order valence-corrected chi connectivity index (χ2v) is 7.87. The molecule has 1 fully saturated rings. The molecule has 0 amide bonds. The third kappa shape index (κ3) is 6.64. The van der Waals surface area contributed by atoms with Gasteiger partial charge >= 0.3 is 12.4 Å². The fraction of sp³-hybridized carbons (Fsp3) is 0.400. The molecule has 1 saturated heterocycles. The van der Waals surface area contributed by atoms with Gasteiger partial charge in [0.1, 0.15) is 11.5 Å². The third-order valence-corrected chi connectivity index (χ3v) is 5.42. The molecule has 0 bridgehead atoms. The Kier molecular flexibility index (Phi) is 8.27. The Morgan fingerprint density at radius 1 is 1.03 bits per heavy atom. The summed E-state index contributed by atoms with van der Waals surface area (Å²) in [6.07, 6.45) is -3.77. The molecule has 190 valence electrons. The Morgan fingerprint density at radius 2 is 1.71 bits per heavy atom. The van der Waals surface area contributed by atoms with Crippen LogP contribution in [0.15, 0.2) is 59.7 Å².